The highest BCUT2D eigenvalue weighted by atomic mass is 16.4. The molecule has 0 aliphatic rings. The van der Waals surface area contributed by atoms with Gasteiger partial charge in [-0.05, 0) is 46.5 Å². The maximum absolute atomic E-state index is 11.1. The Morgan fingerprint density at radius 1 is 0.600 bits per heavy atom. The van der Waals surface area contributed by atoms with E-state index < -0.39 is 5.97 Å². The van der Waals surface area contributed by atoms with Gasteiger partial charge in [-0.15, -0.1) is 0 Å². The van der Waals surface area contributed by atoms with Crippen LogP contribution in [0.4, 0.5) is 0 Å². The number of phenolic OH excluding ortho intramolecular Hbond substituents is 2. The smallest absolute Gasteiger partial charge is 0.339 e. The van der Waals surface area contributed by atoms with E-state index >= 15 is 0 Å². The second kappa shape index (κ2) is 10.3. The summed E-state index contributed by atoms with van der Waals surface area (Å²) in [6.07, 6.45) is 7.34. The zero-order chi connectivity index (χ0) is 22.1. The summed E-state index contributed by atoms with van der Waals surface area (Å²) in [5.41, 5.74) is 3.20. The lowest BCUT2D eigenvalue weighted by Gasteiger charge is -2.01. The molecule has 0 spiro atoms. The molecule has 6 heteroatoms. The average Bonchev–Trinajstić information content (AvgIpc) is 2.76. The maximum Gasteiger partial charge on any atom is 0.339 e. The number of aromatic carboxylic acids is 1. The van der Waals surface area contributed by atoms with E-state index in [-0.39, 0.29) is 22.8 Å². The van der Waals surface area contributed by atoms with Crippen LogP contribution in [0.15, 0.2) is 60.7 Å². The Morgan fingerprint density at radius 2 is 1.00 bits per heavy atom. The van der Waals surface area contributed by atoms with Crippen LogP contribution >= 0.6 is 0 Å². The lowest BCUT2D eigenvalue weighted by molar-refractivity contribution is -0.0980. The van der Waals surface area contributed by atoms with Crippen LogP contribution in [0.2, 0.25) is 0 Å². The standard InChI is InChI=1S/C23H18O5.CH2O/c24-20-11-9-17(13-19(20)23(27)28)7-5-15-1-3-16(4-2-15)6-8-18-10-12-21(25)22(26)14-18;1-2/h1-14,24-26H,(H,27,28);1H2/b7-5+,8-6+;. The van der Waals surface area contributed by atoms with E-state index in [1.54, 1.807) is 18.2 Å². The van der Waals surface area contributed by atoms with Crippen molar-refractivity contribution in [2.24, 2.45) is 0 Å². The number of phenols is 3. The molecule has 0 aliphatic carbocycles. The molecule has 0 atom stereocenters. The molecule has 152 valence electrons. The van der Waals surface area contributed by atoms with Crippen molar-refractivity contribution in [3.63, 3.8) is 0 Å². The molecule has 3 rings (SSSR count). The van der Waals surface area contributed by atoms with Gasteiger partial charge in [-0.3, -0.25) is 0 Å². The Balaban J connectivity index is 0.00000155. The summed E-state index contributed by atoms with van der Waals surface area (Å²) in [6.45, 7) is 2.00. The second-order valence-corrected chi connectivity index (χ2v) is 6.16. The predicted molar refractivity (Wildman–Crippen MR) is 116 cm³/mol. The lowest BCUT2D eigenvalue weighted by Crippen LogP contribution is -1.96. The monoisotopic (exact) mass is 404 g/mol. The third-order valence-corrected chi connectivity index (χ3v) is 4.12. The Kier molecular flexibility index (Phi) is 7.53. The molecular formula is C24H20O6. The summed E-state index contributed by atoms with van der Waals surface area (Å²) in [6, 6.07) is 16.7. The normalized spacial score (nSPS) is 10.7. The highest BCUT2D eigenvalue weighted by molar-refractivity contribution is 5.91. The average molecular weight is 404 g/mol. The molecule has 0 fully saturated rings. The molecule has 0 saturated heterocycles. The number of hydrogen-bond donors (Lipinski definition) is 4. The molecular weight excluding hydrogens is 384 g/mol. The van der Waals surface area contributed by atoms with Crippen molar-refractivity contribution in [3.05, 3.63) is 88.5 Å². The summed E-state index contributed by atoms with van der Waals surface area (Å²) in [7, 11) is 0. The minimum atomic E-state index is -1.18. The third kappa shape index (κ3) is 5.84. The Bertz CT molecular complexity index is 1080. The first-order valence-electron chi connectivity index (χ1n) is 8.76. The van der Waals surface area contributed by atoms with E-state index in [9.17, 15) is 20.1 Å². The number of carbonyl (C=O) groups excluding carboxylic acids is 1. The number of benzene rings is 3. The number of aromatic hydroxyl groups is 3. The number of rotatable bonds is 5. The van der Waals surface area contributed by atoms with Gasteiger partial charge in [0.05, 0.1) is 0 Å². The summed E-state index contributed by atoms with van der Waals surface area (Å²) in [4.78, 5) is 19.1. The third-order valence-electron chi connectivity index (χ3n) is 4.12. The van der Waals surface area contributed by atoms with Crippen LogP contribution in [0.5, 0.6) is 17.2 Å². The van der Waals surface area contributed by atoms with Crippen molar-refractivity contribution in [3.8, 4) is 17.2 Å². The molecule has 0 radical (unpaired) electrons. The van der Waals surface area contributed by atoms with Gasteiger partial charge in [0.1, 0.15) is 18.1 Å². The maximum atomic E-state index is 11.1. The van der Waals surface area contributed by atoms with E-state index in [4.69, 9.17) is 9.90 Å². The molecule has 3 aromatic carbocycles. The molecule has 30 heavy (non-hydrogen) atoms. The van der Waals surface area contributed by atoms with Crippen LogP contribution < -0.4 is 0 Å². The summed E-state index contributed by atoms with van der Waals surface area (Å²) in [5.74, 6) is -1.76. The van der Waals surface area contributed by atoms with E-state index in [2.05, 4.69) is 0 Å². The van der Waals surface area contributed by atoms with E-state index in [0.29, 0.717) is 5.56 Å². The van der Waals surface area contributed by atoms with Crippen molar-refractivity contribution in [2.75, 3.05) is 0 Å². The SMILES string of the molecule is C=O.O=C(O)c1cc(/C=C/c2ccc(/C=C/c3ccc(O)c(O)c3)cc2)ccc1O. The minimum Gasteiger partial charge on any atom is -0.507 e. The number of carboxylic acid groups (broad SMARTS) is 1. The van der Waals surface area contributed by atoms with Crippen LogP contribution in [0.3, 0.4) is 0 Å². The molecule has 0 unspecified atom stereocenters. The highest BCUT2D eigenvalue weighted by Crippen LogP contribution is 2.26. The van der Waals surface area contributed by atoms with Crippen molar-refractivity contribution in [1.82, 2.24) is 0 Å². The van der Waals surface area contributed by atoms with Crippen LogP contribution in [0, 0.1) is 0 Å². The van der Waals surface area contributed by atoms with Gasteiger partial charge in [0.2, 0.25) is 0 Å². The number of carboxylic acids is 1. The summed E-state index contributed by atoms with van der Waals surface area (Å²) < 4.78 is 0. The minimum absolute atomic E-state index is 0.136. The van der Waals surface area contributed by atoms with Crippen molar-refractivity contribution < 1.29 is 30.0 Å². The first kappa shape index (κ1) is 22.0. The van der Waals surface area contributed by atoms with Crippen molar-refractivity contribution in [1.29, 1.82) is 0 Å². The Labute approximate surface area is 173 Å². The van der Waals surface area contributed by atoms with Gasteiger partial charge in [0, 0.05) is 0 Å². The summed E-state index contributed by atoms with van der Waals surface area (Å²) in [5, 5.41) is 37.4. The lowest BCUT2D eigenvalue weighted by atomic mass is 10.1. The zero-order valence-electron chi connectivity index (χ0n) is 15.9. The second-order valence-electron chi connectivity index (χ2n) is 6.16. The molecule has 0 saturated carbocycles. The van der Waals surface area contributed by atoms with Crippen LogP contribution in [0.25, 0.3) is 24.3 Å². The molecule has 0 heterocycles. The van der Waals surface area contributed by atoms with Gasteiger partial charge >= 0.3 is 5.97 Å². The molecule has 0 aromatic heterocycles. The number of carbonyl (C=O) groups is 2. The van der Waals surface area contributed by atoms with E-state index in [1.165, 1.54) is 24.3 Å². The fourth-order valence-corrected chi connectivity index (χ4v) is 2.58. The molecule has 0 aliphatic heterocycles. The topological polar surface area (TPSA) is 115 Å². The van der Waals surface area contributed by atoms with Gasteiger partial charge in [-0.25, -0.2) is 4.79 Å². The zero-order valence-corrected chi connectivity index (χ0v) is 15.9. The van der Waals surface area contributed by atoms with Crippen molar-refractivity contribution in [2.45, 2.75) is 0 Å². The fourth-order valence-electron chi connectivity index (χ4n) is 2.58. The Hall–Kier alpha value is -4.32. The molecule has 3 aromatic rings. The molecule has 0 amide bonds. The predicted octanol–water partition coefficient (Wildman–Crippen LogP) is 4.66. The molecule has 6 nitrogen and oxygen atoms in total. The quantitative estimate of drug-likeness (QED) is 0.363. The van der Waals surface area contributed by atoms with Crippen LogP contribution in [-0.4, -0.2) is 33.2 Å². The molecule has 0 bridgehead atoms. The number of hydrogen-bond acceptors (Lipinski definition) is 5. The van der Waals surface area contributed by atoms with Gasteiger partial charge in [-0.2, -0.15) is 0 Å². The van der Waals surface area contributed by atoms with Gasteiger partial charge in [-0.1, -0.05) is 60.7 Å². The summed E-state index contributed by atoms with van der Waals surface area (Å²) >= 11 is 0. The van der Waals surface area contributed by atoms with Gasteiger partial charge in [0.25, 0.3) is 0 Å². The van der Waals surface area contributed by atoms with Crippen LogP contribution in [0.1, 0.15) is 32.6 Å². The highest BCUT2D eigenvalue weighted by Gasteiger charge is 2.08. The van der Waals surface area contributed by atoms with E-state index in [0.717, 1.165) is 16.7 Å². The van der Waals surface area contributed by atoms with Crippen molar-refractivity contribution >= 4 is 37.1 Å². The largest absolute Gasteiger partial charge is 0.507 e. The Morgan fingerprint density at radius 3 is 1.47 bits per heavy atom. The first-order valence-corrected chi connectivity index (χ1v) is 8.76. The van der Waals surface area contributed by atoms with E-state index in [1.807, 2.05) is 49.3 Å². The fraction of sp³-hybridized carbons (Fsp3) is 0. The van der Waals surface area contributed by atoms with Gasteiger partial charge in [0.15, 0.2) is 11.5 Å². The van der Waals surface area contributed by atoms with Crippen LogP contribution in [-0.2, 0) is 4.79 Å². The molecule has 4 N–H and O–H groups in total. The first-order chi connectivity index (χ1) is 14.4. The van der Waals surface area contributed by atoms with Gasteiger partial charge < -0.3 is 25.2 Å².